The van der Waals surface area contributed by atoms with Crippen LogP contribution < -0.4 is 0 Å². The van der Waals surface area contributed by atoms with E-state index in [0.717, 1.165) is 11.1 Å². The maximum absolute atomic E-state index is 11.1. The highest BCUT2D eigenvalue weighted by Gasteiger charge is 2.09. The number of carbonyl (C=O) groups excluding carboxylic acids is 1. The molecule has 0 amide bonds. The number of allylic oxidation sites excluding steroid dienone is 4. The molecule has 0 saturated carbocycles. The summed E-state index contributed by atoms with van der Waals surface area (Å²) < 4.78 is 1.74. The Hall–Kier alpha value is -1.64. The number of rotatable bonds is 1. The van der Waals surface area contributed by atoms with Crippen LogP contribution in [-0.2, 0) is 11.8 Å². The second-order valence-electron chi connectivity index (χ2n) is 3.10. The van der Waals surface area contributed by atoms with Crippen LogP contribution in [0.3, 0.4) is 0 Å². The minimum absolute atomic E-state index is 0.154. The summed E-state index contributed by atoms with van der Waals surface area (Å²) in [5.41, 5.74) is 2.07. The van der Waals surface area contributed by atoms with Gasteiger partial charge in [0.05, 0.1) is 6.20 Å². The highest BCUT2D eigenvalue weighted by atomic mass is 16.1. The number of hydrogen-bond acceptors (Lipinski definition) is 2. The topological polar surface area (TPSA) is 34.9 Å². The summed E-state index contributed by atoms with van der Waals surface area (Å²) in [6, 6.07) is 0. The fraction of sp³-hybridized carbons (Fsp3) is 0.200. The van der Waals surface area contributed by atoms with E-state index in [2.05, 4.69) is 5.10 Å². The SMILES string of the molecule is Cn1cc(C2=CC=CC(=O)C2)cn1. The van der Waals surface area contributed by atoms with Crippen LogP contribution in [0.2, 0.25) is 0 Å². The van der Waals surface area contributed by atoms with Crippen molar-refractivity contribution < 1.29 is 4.79 Å². The van der Waals surface area contributed by atoms with Crippen LogP contribution in [0.5, 0.6) is 0 Å². The molecule has 1 aromatic heterocycles. The van der Waals surface area contributed by atoms with E-state index in [1.54, 1.807) is 23.0 Å². The first kappa shape index (κ1) is 7.98. The van der Waals surface area contributed by atoms with Crippen molar-refractivity contribution in [2.45, 2.75) is 6.42 Å². The van der Waals surface area contributed by atoms with Gasteiger partial charge < -0.3 is 0 Å². The van der Waals surface area contributed by atoms with Crippen LogP contribution >= 0.6 is 0 Å². The largest absolute Gasteiger partial charge is 0.294 e. The lowest BCUT2D eigenvalue weighted by Crippen LogP contribution is -1.98. The van der Waals surface area contributed by atoms with Crippen molar-refractivity contribution in [2.24, 2.45) is 7.05 Å². The third-order valence-electron chi connectivity index (χ3n) is 2.02. The van der Waals surface area contributed by atoms with Gasteiger partial charge in [-0.15, -0.1) is 0 Å². The van der Waals surface area contributed by atoms with E-state index < -0.39 is 0 Å². The van der Waals surface area contributed by atoms with Crippen molar-refractivity contribution in [3.8, 4) is 0 Å². The maximum atomic E-state index is 11.1. The summed E-state index contributed by atoms with van der Waals surface area (Å²) in [5, 5.41) is 4.06. The first-order chi connectivity index (χ1) is 6.25. The molecule has 3 nitrogen and oxygen atoms in total. The van der Waals surface area contributed by atoms with Crippen LogP contribution in [0.25, 0.3) is 5.57 Å². The molecule has 1 aliphatic carbocycles. The number of aromatic nitrogens is 2. The molecule has 13 heavy (non-hydrogen) atoms. The van der Waals surface area contributed by atoms with Crippen LogP contribution in [0.4, 0.5) is 0 Å². The molecule has 0 spiro atoms. The van der Waals surface area contributed by atoms with Gasteiger partial charge in [-0.25, -0.2) is 0 Å². The minimum Gasteiger partial charge on any atom is -0.294 e. The highest BCUT2D eigenvalue weighted by Crippen LogP contribution is 2.20. The molecule has 1 heterocycles. The molecule has 0 unspecified atom stereocenters. The van der Waals surface area contributed by atoms with Crippen LogP contribution in [-0.4, -0.2) is 15.6 Å². The predicted octanol–water partition coefficient (Wildman–Crippen LogP) is 1.33. The lowest BCUT2D eigenvalue weighted by molar-refractivity contribution is -0.113. The van der Waals surface area contributed by atoms with E-state index in [9.17, 15) is 4.79 Å². The second kappa shape index (κ2) is 3.01. The summed E-state index contributed by atoms with van der Waals surface area (Å²) in [7, 11) is 1.87. The number of aryl methyl sites for hydroxylation is 1. The third-order valence-corrected chi connectivity index (χ3v) is 2.02. The number of nitrogens with zero attached hydrogens (tertiary/aromatic N) is 2. The van der Waals surface area contributed by atoms with Crippen molar-refractivity contribution in [1.29, 1.82) is 0 Å². The monoisotopic (exact) mass is 174 g/mol. The molecule has 0 aliphatic heterocycles. The molecule has 0 radical (unpaired) electrons. The molecule has 3 heteroatoms. The van der Waals surface area contributed by atoms with E-state index in [4.69, 9.17) is 0 Å². The van der Waals surface area contributed by atoms with Gasteiger partial charge in [-0.2, -0.15) is 5.10 Å². The van der Waals surface area contributed by atoms with Gasteiger partial charge in [0, 0.05) is 25.2 Å². The van der Waals surface area contributed by atoms with Gasteiger partial charge in [0.2, 0.25) is 0 Å². The average Bonchev–Trinajstić information content (AvgIpc) is 2.52. The van der Waals surface area contributed by atoms with Crippen LogP contribution in [0.15, 0.2) is 30.6 Å². The average molecular weight is 174 g/mol. The Morgan fingerprint density at radius 3 is 3.00 bits per heavy atom. The molecule has 0 saturated heterocycles. The Morgan fingerprint density at radius 2 is 2.38 bits per heavy atom. The first-order valence-electron chi connectivity index (χ1n) is 4.15. The molecule has 0 fully saturated rings. The fourth-order valence-electron chi connectivity index (χ4n) is 1.36. The Bertz CT molecular complexity index is 399. The molecule has 66 valence electrons. The standard InChI is InChI=1S/C10H10N2O/c1-12-7-9(6-11-12)8-3-2-4-10(13)5-8/h2-4,6-7H,5H2,1H3. The molecule has 1 aliphatic rings. The van der Waals surface area contributed by atoms with Crippen LogP contribution in [0, 0.1) is 0 Å². The van der Waals surface area contributed by atoms with E-state index in [1.165, 1.54) is 0 Å². The zero-order valence-corrected chi connectivity index (χ0v) is 7.40. The van der Waals surface area contributed by atoms with E-state index in [0.29, 0.717) is 6.42 Å². The van der Waals surface area contributed by atoms with Crippen LogP contribution in [0.1, 0.15) is 12.0 Å². The molecular weight excluding hydrogens is 164 g/mol. The Labute approximate surface area is 76.4 Å². The number of carbonyl (C=O) groups is 1. The van der Waals surface area contributed by atoms with Gasteiger partial charge in [-0.3, -0.25) is 9.48 Å². The van der Waals surface area contributed by atoms with Gasteiger partial charge in [0.25, 0.3) is 0 Å². The smallest absolute Gasteiger partial charge is 0.160 e. The van der Waals surface area contributed by atoms with Crippen molar-refractivity contribution in [3.05, 3.63) is 36.2 Å². The van der Waals surface area contributed by atoms with Crippen molar-refractivity contribution in [2.75, 3.05) is 0 Å². The third kappa shape index (κ3) is 1.59. The van der Waals surface area contributed by atoms with Gasteiger partial charge in [-0.1, -0.05) is 12.2 Å². The Kier molecular flexibility index (Phi) is 1.85. The van der Waals surface area contributed by atoms with Gasteiger partial charge in [0.15, 0.2) is 5.78 Å². The molecule has 0 atom stereocenters. The Morgan fingerprint density at radius 1 is 1.54 bits per heavy atom. The highest BCUT2D eigenvalue weighted by molar-refractivity contribution is 6.00. The molecule has 0 bridgehead atoms. The zero-order chi connectivity index (χ0) is 9.26. The summed E-state index contributed by atoms with van der Waals surface area (Å²) in [6.07, 6.45) is 9.52. The summed E-state index contributed by atoms with van der Waals surface area (Å²) >= 11 is 0. The molecule has 0 N–H and O–H groups in total. The quantitative estimate of drug-likeness (QED) is 0.643. The zero-order valence-electron chi connectivity index (χ0n) is 7.40. The van der Waals surface area contributed by atoms with Crippen molar-refractivity contribution in [3.63, 3.8) is 0 Å². The minimum atomic E-state index is 0.154. The molecular formula is C10H10N2O. The molecule has 2 rings (SSSR count). The summed E-state index contributed by atoms with van der Waals surface area (Å²) in [4.78, 5) is 11.1. The van der Waals surface area contributed by atoms with Crippen molar-refractivity contribution in [1.82, 2.24) is 9.78 Å². The second-order valence-corrected chi connectivity index (χ2v) is 3.10. The summed E-state index contributed by atoms with van der Waals surface area (Å²) in [6.45, 7) is 0. The lowest BCUT2D eigenvalue weighted by Gasteiger charge is -2.04. The van der Waals surface area contributed by atoms with Gasteiger partial charge >= 0.3 is 0 Å². The predicted molar refractivity (Wildman–Crippen MR) is 49.9 cm³/mol. The lowest BCUT2D eigenvalue weighted by atomic mass is 9.99. The number of hydrogen-bond donors (Lipinski definition) is 0. The fourth-order valence-corrected chi connectivity index (χ4v) is 1.36. The first-order valence-corrected chi connectivity index (χ1v) is 4.15. The van der Waals surface area contributed by atoms with E-state index >= 15 is 0 Å². The summed E-state index contributed by atoms with van der Waals surface area (Å²) in [5.74, 6) is 0.154. The van der Waals surface area contributed by atoms with E-state index in [-0.39, 0.29) is 5.78 Å². The molecule has 0 aromatic carbocycles. The van der Waals surface area contributed by atoms with Gasteiger partial charge in [0.1, 0.15) is 0 Å². The normalized spacial score (nSPS) is 16.1. The number of ketones is 1. The van der Waals surface area contributed by atoms with Crippen molar-refractivity contribution >= 4 is 11.4 Å². The Balaban J connectivity index is 2.32. The molecule has 1 aromatic rings. The maximum Gasteiger partial charge on any atom is 0.160 e. The van der Waals surface area contributed by atoms with Gasteiger partial charge in [-0.05, 0) is 11.6 Å². The van der Waals surface area contributed by atoms with E-state index in [1.807, 2.05) is 19.3 Å².